The summed E-state index contributed by atoms with van der Waals surface area (Å²) in [5, 5.41) is 3.29. The first-order chi connectivity index (χ1) is 9.52. The van der Waals surface area contributed by atoms with Gasteiger partial charge in [-0.25, -0.2) is 13.2 Å². The Bertz CT molecular complexity index is 565. The predicted octanol–water partition coefficient (Wildman–Crippen LogP) is 4.46. The van der Waals surface area contributed by atoms with E-state index in [1.165, 1.54) is 18.2 Å². The highest BCUT2D eigenvalue weighted by Gasteiger charge is 2.20. The molecule has 0 saturated carbocycles. The molecule has 106 valence electrons. The summed E-state index contributed by atoms with van der Waals surface area (Å²) >= 11 is 6.05. The molecule has 1 nitrogen and oxygen atoms in total. The van der Waals surface area contributed by atoms with Crippen LogP contribution >= 0.6 is 11.6 Å². The van der Waals surface area contributed by atoms with Gasteiger partial charge < -0.3 is 5.32 Å². The molecule has 20 heavy (non-hydrogen) atoms. The van der Waals surface area contributed by atoms with Crippen LogP contribution in [-0.4, -0.2) is 6.54 Å². The normalized spacial score (nSPS) is 12.4. The van der Waals surface area contributed by atoms with Gasteiger partial charge in [-0.2, -0.15) is 0 Å². The molecule has 2 aromatic rings. The number of hydrogen-bond acceptors (Lipinski definition) is 1. The van der Waals surface area contributed by atoms with E-state index in [-0.39, 0.29) is 5.56 Å². The Hall–Kier alpha value is -1.52. The van der Waals surface area contributed by atoms with Crippen molar-refractivity contribution in [1.29, 1.82) is 0 Å². The molecule has 1 atom stereocenters. The molecule has 1 N–H and O–H groups in total. The van der Waals surface area contributed by atoms with Crippen LogP contribution in [-0.2, 0) is 0 Å². The molecule has 0 amide bonds. The van der Waals surface area contributed by atoms with E-state index < -0.39 is 23.5 Å². The van der Waals surface area contributed by atoms with Crippen molar-refractivity contribution in [2.45, 2.75) is 13.0 Å². The second kappa shape index (κ2) is 6.29. The minimum Gasteiger partial charge on any atom is -0.306 e. The van der Waals surface area contributed by atoms with Crippen molar-refractivity contribution in [2.24, 2.45) is 0 Å². The summed E-state index contributed by atoms with van der Waals surface area (Å²) < 4.78 is 40.6. The summed E-state index contributed by atoms with van der Waals surface area (Å²) in [6, 6.07) is 6.30. The summed E-state index contributed by atoms with van der Waals surface area (Å²) in [5.41, 5.74) is 0.470. The van der Waals surface area contributed by atoms with Gasteiger partial charge in [0.15, 0.2) is 0 Å². The zero-order chi connectivity index (χ0) is 14.7. The molecule has 2 rings (SSSR count). The van der Waals surface area contributed by atoms with Crippen molar-refractivity contribution in [3.63, 3.8) is 0 Å². The molecule has 2 aromatic carbocycles. The van der Waals surface area contributed by atoms with Gasteiger partial charge in [0.25, 0.3) is 0 Å². The fourth-order valence-electron chi connectivity index (χ4n) is 2.06. The Morgan fingerprint density at radius 3 is 2.25 bits per heavy atom. The maximum absolute atomic E-state index is 13.9. The van der Waals surface area contributed by atoms with Crippen LogP contribution in [0.5, 0.6) is 0 Å². The van der Waals surface area contributed by atoms with Gasteiger partial charge in [-0.1, -0.05) is 18.5 Å². The lowest BCUT2D eigenvalue weighted by Gasteiger charge is -2.21. The standard InChI is InChI=1S/C15H13ClF3N/c1-2-20-15(11-7-9(17)3-5-13(11)16)12-8-10(18)4-6-14(12)19/h3-8,15,20H,2H2,1H3. The van der Waals surface area contributed by atoms with Gasteiger partial charge in [-0.15, -0.1) is 0 Å². The minimum atomic E-state index is -0.709. The third-order valence-electron chi connectivity index (χ3n) is 2.95. The molecule has 0 aliphatic carbocycles. The van der Waals surface area contributed by atoms with E-state index >= 15 is 0 Å². The maximum Gasteiger partial charge on any atom is 0.128 e. The van der Waals surface area contributed by atoms with Crippen LogP contribution < -0.4 is 5.32 Å². The van der Waals surface area contributed by atoms with Crippen molar-refractivity contribution in [2.75, 3.05) is 6.54 Å². The molecule has 0 spiro atoms. The topological polar surface area (TPSA) is 12.0 Å². The first-order valence-corrected chi connectivity index (χ1v) is 6.54. The Balaban J connectivity index is 2.55. The number of rotatable bonds is 4. The zero-order valence-electron chi connectivity index (χ0n) is 10.8. The molecule has 0 aromatic heterocycles. The lowest BCUT2D eigenvalue weighted by Crippen LogP contribution is -2.23. The molecule has 5 heteroatoms. The molecule has 0 radical (unpaired) electrons. The average Bonchev–Trinajstić information content (AvgIpc) is 2.42. The van der Waals surface area contributed by atoms with Gasteiger partial charge in [0.2, 0.25) is 0 Å². The van der Waals surface area contributed by atoms with Crippen molar-refractivity contribution in [3.05, 3.63) is 70.0 Å². The van der Waals surface area contributed by atoms with Crippen LogP contribution in [0.25, 0.3) is 0 Å². The number of halogens is 4. The van der Waals surface area contributed by atoms with Crippen molar-refractivity contribution in [1.82, 2.24) is 5.32 Å². The van der Waals surface area contributed by atoms with Gasteiger partial charge >= 0.3 is 0 Å². The highest BCUT2D eigenvalue weighted by molar-refractivity contribution is 6.31. The first-order valence-electron chi connectivity index (χ1n) is 6.16. The Kier molecular flexibility index (Phi) is 4.68. The smallest absolute Gasteiger partial charge is 0.128 e. The van der Waals surface area contributed by atoms with E-state index in [4.69, 9.17) is 11.6 Å². The molecule has 0 aliphatic rings. The monoisotopic (exact) mass is 299 g/mol. The Morgan fingerprint density at radius 2 is 1.60 bits per heavy atom. The third kappa shape index (κ3) is 3.14. The van der Waals surface area contributed by atoms with Crippen LogP contribution in [0.4, 0.5) is 13.2 Å². The van der Waals surface area contributed by atoms with Crippen LogP contribution in [0.15, 0.2) is 36.4 Å². The second-order valence-electron chi connectivity index (χ2n) is 4.32. The third-order valence-corrected chi connectivity index (χ3v) is 3.29. The molecular weight excluding hydrogens is 287 g/mol. The van der Waals surface area contributed by atoms with Gasteiger partial charge in [-0.3, -0.25) is 0 Å². The lowest BCUT2D eigenvalue weighted by atomic mass is 9.97. The fraction of sp³-hybridized carbons (Fsp3) is 0.200. The van der Waals surface area contributed by atoms with Crippen LogP contribution in [0.3, 0.4) is 0 Å². The van der Waals surface area contributed by atoms with E-state index in [0.717, 1.165) is 18.2 Å². The predicted molar refractivity (Wildman–Crippen MR) is 73.3 cm³/mol. The molecule has 0 aliphatic heterocycles. The molecule has 1 unspecified atom stereocenters. The highest BCUT2D eigenvalue weighted by atomic mass is 35.5. The minimum absolute atomic E-state index is 0.0966. The van der Waals surface area contributed by atoms with Gasteiger partial charge in [0, 0.05) is 10.6 Å². The van der Waals surface area contributed by atoms with E-state index in [0.29, 0.717) is 17.1 Å². The molecule has 0 bridgehead atoms. The lowest BCUT2D eigenvalue weighted by molar-refractivity contribution is 0.542. The Morgan fingerprint density at radius 1 is 1.00 bits per heavy atom. The summed E-state index contributed by atoms with van der Waals surface area (Å²) in [7, 11) is 0. The summed E-state index contributed by atoms with van der Waals surface area (Å²) in [4.78, 5) is 0. The molecule has 0 saturated heterocycles. The summed E-state index contributed by atoms with van der Waals surface area (Å²) in [5.74, 6) is -1.61. The largest absolute Gasteiger partial charge is 0.306 e. The fourth-order valence-corrected chi connectivity index (χ4v) is 2.29. The average molecular weight is 300 g/mol. The maximum atomic E-state index is 13.9. The summed E-state index contributed by atoms with van der Waals surface area (Å²) in [6.45, 7) is 2.31. The van der Waals surface area contributed by atoms with Crippen molar-refractivity contribution >= 4 is 11.6 Å². The highest BCUT2D eigenvalue weighted by Crippen LogP contribution is 2.30. The molecule has 0 fully saturated rings. The van der Waals surface area contributed by atoms with Gasteiger partial charge in [0.1, 0.15) is 17.5 Å². The second-order valence-corrected chi connectivity index (χ2v) is 4.73. The van der Waals surface area contributed by atoms with E-state index in [9.17, 15) is 13.2 Å². The summed E-state index contributed by atoms with van der Waals surface area (Å²) in [6.07, 6.45) is 0. The van der Waals surface area contributed by atoms with E-state index in [1.54, 1.807) is 0 Å². The Labute approximate surface area is 120 Å². The first kappa shape index (κ1) is 14.9. The number of benzene rings is 2. The van der Waals surface area contributed by atoms with Crippen LogP contribution in [0.2, 0.25) is 5.02 Å². The van der Waals surface area contributed by atoms with E-state index in [1.807, 2.05) is 6.92 Å². The van der Waals surface area contributed by atoms with Crippen molar-refractivity contribution in [3.8, 4) is 0 Å². The van der Waals surface area contributed by atoms with E-state index in [2.05, 4.69) is 5.32 Å². The van der Waals surface area contributed by atoms with Crippen LogP contribution in [0.1, 0.15) is 24.1 Å². The number of nitrogens with one attached hydrogen (secondary N) is 1. The SMILES string of the molecule is CCNC(c1cc(F)ccc1F)c1cc(F)ccc1Cl. The van der Waals surface area contributed by atoms with Crippen molar-refractivity contribution < 1.29 is 13.2 Å². The molecular formula is C15H13ClF3N. The zero-order valence-corrected chi connectivity index (χ0v) is 11.5. The van der Waals surface area contributed by atoms with Crippen LogP contribution in [0, 0.1) is 17.5 Å². The number of hydrogen-bond donors (Lipinski definition) is 1. The quantitative estimate of drug-likeness (QED) is 0.879. The van der Waals surface area contributed by atoms with Gasteiger partial charge in [0.05, 0.1) is 6.04 Å². The molecule has 0 heterocycles. The van der Waals surface area contributed by atoms with Gasteiger partial charge in [-0.05, 0) is 48.5 Å².